The van der Waals surface area contributed by atoms with Gasteiger partial charge in [0.25, 0.3) is 0 Å². The fourth-order valence-corrected chi connectivity index (χ4v) is 2.92. The number of hydrogen-bond donors (Lipinski definition) is 2. The van der Waals surface area contributed by atoms with Gasteiger partial charge in [-0.25, -0.2) is 0 Å². The number of rotatable bonds is 8. The molecule has 3 heteroatoms. The van der Waals surface area contributed by atoms with Crippen LogP contribution in [0.2, 0.25) is 0 Å². The van der Waals surface area contributed by atoms with Crippen LogP contribution < -0.4 is 5.73 Å². The zero-order chi connectivity index (χ0) is 13.4. The lowest BCUT2D eigenvalue weighted by Gasteiger charge is -2.31. The molecule has 3 N–H and O–H groups in total. The van der Waals surface area contributed by atoms with Crippen molar-refractivity contribution in [1.29, 1.82) is 0 Å². The van der Waals surface area contributed by atoms with E-state index in [2.05, 4.69) is 6.92 Å². The summed E-state index contributed by atoms with van der Waals surface area (Å²) in [5.41, 5.74) is 4.91. The summed E-state index contributed by atoms with van der Waals surface area (Å²) in [6.07, 6.45) is 9.28. The maximum Gasteiger partial charge on any atom is 0.0767 e. The predicted octanol–water partition coefficient (Wildman–Crippen LogP) is 2.85. The molecule has 1 aliphatic carbocycles. The molecule has 0 spiro atoms. The summed E-state index contributed by atoms with van der Waals surface area (Å²) in [5, 5.41) is 10.1. The minimum absolute atomic E-state index is 0.352. The largest absolute Gasteiger partial charge is 0.389 e. The van der Waals surface area contributed by atoms with E-state index in [1.165, 1.54) is 32.1 Å². The molecule has 0 aromatic carbocycles. The van der Waals surface area contributed by atoms with Crippen LogP contribution in [0.25, 0.3) is 0 Å². The highest BCUT2D eigenvalue weighted by Crippen LogP contribution is 2.29. The summed E-state index contributed by atoms with van der Waals surface area (Å²) < 4.78 is 6.02. The topological polar surface area (TPSA) is 55.5 Å². The minimum Gasteiger partial charge on any atom is -0.389 e. The summed E-state index contributed by atoms with van der Waals surface area (Å²) in [5.74, 6) is 0.748. The molecule has 0 heterocycles. The van der Waals surface area contributed by atoms with Crippen LogP contribution in [0.5, 0.6) is 0 Å². The van der Waals surface area contributed by atoms with E-state index >= 15 is 0 Å². The molecule has 0 aromatic heterocycles. The van der Waals surface area contributed by atoms with Gasteiger partial charge in [-0.15, -0.1) is 0 Å². The number of aliphatic hydroxyl groups is 1. The van der Waals surface area contributed by atoms with Gasteiger partial charge in [0.2, 0.25) is 0 Å². The van der Waals surface area contributed by atoms with Gasteiger partial charge in [-0.05, 0) is 38.0 Å². The van der Waals surface area contributed by atoms with Gasteiger partial charge in [-0.1, -0.05) is 33.1 Å². The fraction of sp³-hybridized carbons (Fsp3) is 1.00. The number of hydrogen-bond acceptors (Lipinski definition) is 3. The summed E-state index contributed by atoms with van der Waals surface area (Å²) in [4.78, 5) is 0. The summed E-state index contributed by atoms with van der Waals surface area (Å²) in [7, 11) is 0. The van der Waals surface area contributed by atoms with Crippen LogP contribution >= 0.6 is 0 Å². The molecule has 0 radical (unpaired) electrons. The van der Waals surface area contributed by atoms with Crippen LogP contribution in [0.15, 0.2) is 0 Å². The normalized spacial score (nSPS) is 28.0. The van der Waals surface area contributed by atoms with Crippen LogP contribution in [-0.2, 0) is 4.74 Å². The van der Waals surface area contributed by atoms with Gasteiger partial charge < -0.3 is 15.6 Å². The highest BCUT2D eigenvalue weighted by atomic mass is 16.5. The summed E-state index contributed by atoms with van der Waals surface area (Å²) >= 11 is 0. The molecule has 0 amide bonds. The standard InChI is InChI=1S/C15H31NO2/c1-3-13-8-5-6-9-14(13)18-11-7-10-15(17,4-2)12-16/h13-14,17H,3-12,16H2,1-2H3. The van der Waals surface area contributed by atoms with E-state index in [-0.39, 0.29) is 0 Å². The van der Waals surface area contributed by atoms with E-state index in [0.29, 0.717) is 12.6 Å². The number of nitrogens with two attached hydrogens (primary N) is 1. The van der Waals surface area contributed by atoms with E-state index in [9.17, 15) is 5.11 Å². The molecule has 0 bridgehead atoms. The van der Waals surface area contributed by atoms with E-state index in [4.69, 9.17) is 10.5 Å². The molecular weight excluding hydrogens is 226 g/mol. The molecule has 0 aliphatic heterocycles. The third-order valence-corrected chi connectivity index (χ3v) is 4.52. The Morgan fingerprint density at radius 1 is 1.28 bits per heavy atom. The Bertz CT molecular complexity index is 217. The molecule has 3 nitrogen and oxygen atoms in total. The molecule has 3 unspecified atom stereocenters. The lowest BCUT2D eigenvalue weighted by atomic mass is 9.85. The van der Waals surface area contributed by atoms with Gasteiger partial charge in [0.1, 0.15) is 0 Å². The monoisotopic (exact) mass is 257 g/mol. The van der Waals surface area contributed by atoms with Crippen molar-refractivity contribution in [1.82, 2.24) is 0 Å². The van der Waals surface area contributed by atoms with Crippen LogP contribution in [0.1, 0.15) is 65.2 Å². The third-order valence-electron chi connectivity index (χ3n) is 4.52. The van der Waals surface area contributed by atoms with Crippen molar-refractivity contribution in [3.05, 3.63) is 0 Å². The molecule has 1 saturated carbocycles. The first-order valence-corrected chi connectivity index (χ1v) is 7.69. The van der Waals surface area contributed by atoms with Crippen molar-refractivity contribution < 1.29 is 9.84 Å². The van der Waals surface area contributed by atoms with Crippen molar-refractivity contribution in [3.63, 3.8) is 0 Å². The highest BCUT2D eigenvalue weighted by Gasteiger charge is 2.25. The Hall–Kier alpha value is -0.120. The third kappa shape index (κ3) is 4.87. The van der Waals surface area contributed by atoms with Crippen LogP contribution in [-0.4, -0.2) is 30.0 Å². The van der Waals surface area contributed by atoms with E-state index in [1.54, 1.807) is 0 Å². The molecule has 1 aliphatic rings. The van der Waals surface area contributed by atoms with Crippen molar-refractivity contribution in [2.75, 3.05) is 13.2 Å². The summed E-state index contributed by atoms with van der Waals surface area (Å²) in [6, 6.07) is 0. The second-order valence-electron chi connectivity index (χ2n) is 5.75. The van der Waals surface area contributed by atoms with Crippen LogP contribution in [0.3, 0.4) is 0 Å². The molecule has 1 fully saturated rings. The van der Waals surface area contributed by atoms with Gasteiger partial charge in [-0.3, -0.25) is 0 Å². The van der Waals surface area contributed by atoms with E-state index in [1.807, 2.05) is 6.92 Å². The Labute approximate surface area is 112 Å². The van der Waals surface area contributed by atoms with Gasteiger partial charge in [0, 0.05) is 13.2 Å². The Morgan fingerprint density at radius 3 is 2.61 bits per heavy atom. The average molecular weight is 257 g/mol. The number of ether oxygens (including phenoxy) is 1. The maximum atomic E-state index is 10.1. The zero-order valence-corrected chi connectivity index (χ0v) is 12.2. The van der Waals surface area contributed by atoms with E-state index in [0.717, 1.165) is 31.8 Å². The molecule has 3 atom stereocenters. The van der Waals surface area contributed by atoms with Crippen molar-refractivity contribution in [3.8, 4) is 0 Å². The Kier molecular flexibility index (Phi) is 7.20. The second kappa shape index (κ2) is 8.13. The zero-order valence-electron chi connectivity index (χ0n) is 12.2. The second-order valence-corrected chi connectivity index (χ2v) is 5.75. The van der Waals surface area contributed by atoms with Crippen molar-refractivity contribution >= 4 is 0 Å². The molecule has 0 aromatic rings. The summed E-state index contributed by atoms with van der Waals surface area (Å²) in [6.45, 7) is 5.37. The SMILES string of the molecule is CCC1CCCCC1OCCCC(O)(CC)CN. The average Bonchev–Trinajstić information content (AvgIpc) is 2.43. The Balaban J connectivity index is 2.20. The van der Waals surface area contributed by atoms with E-state index < -0.39 is 5.60 Å². The molecule has 1 rings (SSSR count). The fourth-order valence-electron chi connectivity index (χ4n) is 2.92. The first-order valence-electron chi connectivity index (χ1n) is 7.69. The van der Waals surface area contributed by atoms with Crippen LogP contribution in [0.4, 0.5) is 0 Å². The Morgan fingerprint density at radius 2 is 2.00 bits per heavy atom. The molecule has 0 saturated heterocycles. The molecular formula is C15H31NO2. The van der Waals surface area contributed by atoms with Crippen LogP contribution in [0, 0.1) is 5.92 Å². The van der Waals surface area contributed by atoms with Gasteiger partial charge in [0.15, 0.2) is 0 Å². The van der Waals surface area contributed by atoms with Crippen molar-refractivity contribution in [2.24, 2.45) is 11.7 Å². The lowest BCUT2D eigenvalue weighted by molar-refractivity contribution is -0.0260. The first kappa shape index (κ1) is 15.9. The molecule has 108 valence electrons. The first-order chi connectivity index (χ1) is 8.65. The van der Waals surface area contributed by atoms with Crippen molar-refractivity contribution in [2.45, 2.75) is 76.9 Å². The maximum absolute atomic E-state index is 10.1. The quantitative estimate of drug-likeness (QED) is 0.657. The minimum atomic E-state index is -0.680. The van der Waals surface area contributed by atoms with Gasteiger partial charge in [-0.2, -0.15) is 0 Å². The van der Waals surface area contributed by atoms with Gasteiger partial charge in [0.05, 0.1) is 11.7 Å². The lowest BCUT2D eigenvalue weighted by Crippen LogP contribution is -2.37. The molecule has 18 heavy (non-hydrogen) atoms. The highest BCUT2D eigenvalue weighted by molar-refractivity contribution is 4.78. The smallest absolute Gasteiger partial charge is 0.0767 e. The predicted molar refractivity (Wildman–Crippen MR) is 75.5 cm³/mol. The van der Waals surface area contributed by atoms with Gasteiger partial charge >= 0.3 is 0 Å².